The highest BCUT2D eigenvalue weighted by molar-refractivity contribution is 7.95. The van der Waals surface area contributed by atoms with Gasteiger partial charge in [-0.2, -0.15) is 0 Å². The van der Waals surface area contributed by atoms with E-state index in [1.807, 2.05) is 0 Å². The second kappa shape index (κ2) is 7.56. The van der Waals surface area contributed by atoms with E-state index < -0.39 is 0 Å². The highest BCUT2D eigenvalue weighted by Crippen LogP contribution is 2.38. The van der Waals surface area contributed by atoms with Gasteiger partial charge in [0.1, 0.15) is 0 Å². The molecule has 3 aliphatic rings. The highest BCUT2D eigenvalue weighted by Gasteiger charge is 2.25. The number of rotatable bonds is 3. The van der Waals surface area contributed by atoms with Crippen molar-refractivity contribution in [3.05, 3.63) is 28.3 Å². The zero-order valence-electron chi connectivity index (χ0n) is 15.1. The van der Waals surface area contributed by atoms with Crippen LogP contribution in [0.25, 0.3) is 0 Å². The summed E-state index contributed by atoms with van der Waals surface area (Å²) >= 11 is 1.45. The number of nitrogens with zero attached hydrogens (tertiary/aromatic N) is 2. The molecule has 6 heteroatoms. The number of hydrogen-bond donors (Lipinski definition) is 2. The summed E-state index contributed by atoms with van der Waals surface area (Å²) in [6.45, 7) is 4.19. The Morgan fingerprint density at radius 1 is 0.960 bits per heavy atom. The van der Waals surface area contributed by atoms with E-state index in [4.69, 9.17) is 0 Å². The van der Waals surface area contributed by atoms with E-state index >= 15 is 0 Å². The van der Waals surface area contributed by atoms with Crippen LogP contribution < -0.4 is 10.0 Å². The molecule has 1 aromatic carbocycles. The molecule has 0 saturated carbocycles. The van der Waals surface area contributed by atoms with E-state index in [1.165, 1.54) is 47.2 Å². The molecule has 2 amide bonds. The van der Waals surface area contributed by atoms with Crippen LogP contribution in [0.1, 0.15) is 41.5 Å². The molecule has 0 unspecified atom stereocenters. The Hall–Kier alpha value is -1.24. The van der Waals surface area contributed by atoms with E-state index in [0.717, 1.165) is 64.0 Å². The van der Waals surface area contributed by atoms with Crippen LogP contribution >= 0.6 is 12.1 Å². The van der Waals surface area contributed by atoms with Gasteiger partial charge in [0.05, 0.1) is 0 Å². The molecular weight excluding hydrogens is 332 g/mol. The third kappa shape index (κ3) is 3.81. The lowest BCUT2D eigenvalue weighted by Crippen LogP contribution is -2.31. The van der Waals surface area contributed by atoms with Crippen LogP contribution in [0.15, 0.2) is 6.07 Å². The summed E-state index contributed by atoms with van der Waals surface area (Å²) < 4.78 is 5.25. The van der Waals surface area contributed by atoms with E-state index in [-0.39, 0.29) is 6.03 Å². The lowest BCUT2D eigenvalue weighted by molar-refractivity contribution is 0.257. The topological polar surface area (TPSA) is 47.6 Å². The van der Waals surface area contributed by atoms with Gasteiger partial charge in [0, 0.05) is 37.5 Å². The average Bonchev–Trinajstić information content (AvgIpc) is 3.20. The van der Waals surface area contributed by atoms with Gasteiger partial charge >= 0.3 is 6.03 Å². The van der Waals surface area contributed by atoms with Gasteiger partial charge in [-0.1, -0.05) is 6.07 Å². The Labute approximate surface area is 154 Å². The van der Waals surface area contributed by atoms with Gasteiger partial charge in [-0.25, -0.2) is 9.10 Å². The quantitative estimate of drug-likeness (QED) is 0.814. The molecule has 1 saturated heterocycles. The van der Waals surface area contributed by atoms with Crippen LogP contribution in [0.2, 0.25) is 0 Å². The van der Waals surface area contributed by atoms with Gasteiger partial charge in [-0.05, 0) is 80.8 Å². The third-order valence-corrected chi connectivity index (χ3v) is 6.56. The summed E-state index contributed by atoms with van der Waals surface area (Å²) in [6.07, 6.45) is 8.10. The number of amides is 2. The summed E-state index contributed by atoms with van der Waals surface area (Å²) in [7, 11) is 2.16. The minimum absolute atomic E-state index is 0.0861. The fourth-order valence-corrected chi connectivity index (χ4v) is 4.98. The van der Waals surface area contributed by atoms with Gasteiger partial charge < -0.3 is 10.2 Å². The Kier molecular flexibility index (Phi) is 5.20. The smallest absolute Gasteiger partial charge is 0.307 e. The van der Waals surface area contributed by atoms with Crippen molar-refractivity contribution < 1.29 is 4.79 Å². The SMILES string of the molecule is CN1CCCN(SNC(=O)Nc2c3c(cc4c2CCC4)CCC3)CC1. The molecule has 0 spiro atoms. The fourth-order valence-electron chi connectivity index (χ4n) is 4.33. The Morgan fingerprint density at radius 2 is 1.68 bits per heavy atom. The van der Waals surface area contributed by atoms with Gasteiger partial charge in [0.15, 0.2) is 0 Å². The first-order chi connectivity index (χ1) is 12.2. The van der Waals surface area contributed by atoms with Crippen molar-refractivity contribution in [3.8, 4) is 0 Å². The highest BCUT2D eigenvalue weighted by atomic mass is 32.2. The molecule has 4 rings (SSSR count). The minimum Gasteiger partial charge on any atom is -0.307 e. The molecule has 1 aliphatic heterocycles. The lowest BCUT2D eigenvalue weighted by Gasteiger charge is -2.20. The maximum absolute atomic E-state index is 12.5. The maximum Gasteiger partial charge on any atom is 0.330 e. The van der Waals surface area contributed by atoms with E-state index in [2.05, 4.69) is 32.4 Å². The number of aryl methyl sites for hydroxylation is 2. The van der Waals surface area contributed by atoms with Gasteiger partial charge in [-0.3, -0.25) is 4.72 Å². The molecular formula is C19H28N4OS. The normalized spacial score (nSPS) is 20.8. The van der Waals surface area contributed by atoms with E-state index in [1.54, 1.807) is 0 Å². The summed E-state index contributed by atoms with van der Waals surface area (Å²) in [5, 5.41) is 3.20. The first-order valence-electron chi connectivity index (χ1n) is 9.54. The van der Waals surface area contributed by atoms with Crippen molar-refractivity contribution in [1.82, 2.24) is 13.9 Å². The number of carbonyl (C=O) groups excluding carboxylic acids is 1. The van der Waals surface area contributed by atoms with Crippen LogP contribution in [0.4, 0.5) is 10.5 Å². The van der Waals surface area contributed by atoms with Gasteiger partial charge in [-0.15, -0.1) is 0 Å². The zero-order chi connectivity index (χ0) is 17.2. The number of nitrogens with one attached hydrogen (secondary N) is 2. The predicted molar refractivity (Wildman–Crippen MR) is 104 cm³/mol. The van der Waals surface area contributed by atoms with E-state index in [9.17, 15) is 4.79 Å². The molecule has 25 heavy (non-hydrogen) atoms. The number of benzene rings is 1. The van der Waals surface area contributed by atoms with Crippen molar-refractivity contribution in [2.75, 3.05) is 38.5 Å². The molecule has 5 nitrogen and oxygen atoms in total. The Morgan fingerprint density at radius 3 is 2.40 bits per heavy atom. The van der Waals surface area contributed by atoms with Crippen LogP contribution in [-0.4, -0.2) is 48.5 Å². The molecule has 0 radical (unpaired) electrons. The summed E-state index contributed by atoms with van der Waals surface area (Å²) in [5.41, 5.74) is 6.81. The fraction of sp³-hybridized carbons (Fsp3) is 0.632. The van der Waals surface area contributed by atoms with Crippen molar-refractivity contribution in [2.24, 2.45) is 0 Å². The molecule has 2 aliphatic carbocycles. The molecule has 0 bridgehead atoms. The Bertz CT molecular complexity index is 631. The number of likely N-dealkylation sites (N-methyl/N-ethyl adjacent to an activating group) is 1. The first-order valence-corrected chi connectivity index (χ1v) is 10.3. The predicted octanol–water partition coefficient (Wildman–Crippen LogP) is 2.99. The molecule has 1 aromatic rings. The molecule has 2 N–H and O–H groups in total. The molecule has 0 aromatic heterocycles. The summed E-state index contributed by atoms with van der Waals surface area (Å²) in [5.74, 6) is 0. The standard InChI is InChI=1S/C19H28N4OS/c1-22-9-4-10-23(12-11-22)25-21-19(24)20-18-16-7-2-5-14(16)13-15-6-3-8-17(15)18/h13H,2-12H2,1H3,(H2,20,21,24). The molecule has 136 valence electrons. The number of anilines is 1. The zero-order valence-corrected chi connectivity index (χ0v) is 15.9. The van der Waals surface area contributed by atoms with Gasteiger partial charge in [0.2, 0.25) is 0 Å². The summed E-state index contributed by atoms with van der Waals surface area (Å²) in [6, 6.07) is 2.31. The molecule has 0 atom stereocenters. The largest absolute Gasteiger partial charge is 0.330 e. The average molecular weight is 361 g/mol. The van der Waals surface area contributed by atoms with Crippen LogP contribution in [-0.2, 0) is 25.7 Å². The number of carbonyl (C=O) groups is 1. The number of hydrogen-bond acceptors (Lipinski definition) is 4. The van der Waals surface area contributed by atoms with Crippen molar-refractivity contribution in [1.29, 1.82) is 0 Å². The van der Waals surface area contributed by atoms with E-state index in [0.29, 0.717) is 0 Å². The Balaban J connectivity index is 1.40. The second-order valence-corrected chi connectivity index (χ2v) is 8.37. The maximum atomic E-state index is 12.5. The van der Waals surface area contributed by atoms with Crippen LogP contribution in [0.5, 0.6) is 0 Å². The van der Waals surface area contributed by atoms with Crippen molar-refractivity contribution >= 4 is 23.9 Å². The van der Waals surface area contributed by atoms with Crippen LogP contribution in [0, 0.1) is 0 Å². The molecule has 1 heterocycles. The van der Waals surface area contributed by atoms with Crippen LogP contribution in [0.3, 0.4) is 0 Å². The van der Waals surface area contributed by atoms with Crippen molar-refractivity contribution in [3.63, 3.8) is 0 Å². The molecule has 1 fully saturated rings. The minimum atomic E-state index is -0.0861. The number of fused-ring (bicyclic) bond motifs is 2. The summed E-state index contributed by atoms with van der Waals surface area (Å²) in [4.78, 5) is 14.9. The number of urea groups is 1. The van der Waals surface area contributed by atoms with Gasteiger partial charge in [0.25, 0.3) is 0 Å². The monoisotopic (exact) mass is 360 g/mol. The van der Waals surface area contributed by atoms with Crippen molar-refractivity contribution in [2.45, 2.75) is 44.9 Å². The third-order valence-electron chi connectivity index (χ3n) is 5.66. The second-order valence-electron chi connectivity index (χ2n) is 7.47. The lowest BCUT2D eigenvalue weighted by atomic mass is 9.99. The first kappa shape index (κ1) is 17.2.